The Kier molecular flexibility index (Phi) is 3.77. The van der Waals surface area contributed by atoms with Gasteiger partial charge in [0, 0.05) is 20.3 Å². The molecule has 0 aliphatic carbocycles. The maximum Gasteiger partial charge on any atom is 0.185 e. The van der Waals surface area contributed by atoms with E-state index in [2.05, 4.69) is 0 Å². The normalized spacial score (nSPS) is 10.9. The van der Waals surface area contributed by atoms with Crippen LogP contribution in [0.25, 0.3) is 6.08 Å². The molecule has 0 fully saturated rings. The van der Waals surface area contributed by atoms with Crippen molar-refractivity contribution in [3.05, 3.63) is 62.8 Å². The number of thiophene rings is 1. The quantitative estimate of drug-likeness (QED) is 0.583. The molecule has 0 atom stereocenters. The summed E-state index contributed by atoms with van der Waals surface area (Å²) in [5.41, 5.74) is 0.652. The molecule has 0 amide bonds. The first-order chi connectivity index (χ1) is 8.15. The van der Waals surface area contributed by atoms with Gasteiger partial charge in [0.1, 0.15) is 0 Å². The van der Waals surface area contributed by atoms with Crippen molar-refractivity contribution in [2.75, 3.05) is 0 Å². The number of carbonyl (C=O) groups excluding carboxylic acids is 1. The Morgan fingerprint density at radius 2 is 1.88 bits per heavy atom. The molecule has 0 saturated heterocycles. The van der Waals surface area contributed by atoms with E-state index in [1.165, 1.54) is 4.88 Å². The summed E-state index contributed by atoms with van der Waals surface area (Å²) in [4.78, 5) is 14.1. The number of carbonyl (C=O) groups is 1. The van der Waals surface area contributed by atoms with Gasteiger partial charge in [-0.25, -0.2) is 0 Å². The third-order valence-electron chi connectivity index (χ3n) is 2.29. The lowest BCUT2D eigenvalue weighted by molar-refractivity contribution is 0.104. The average molecular weight is 263 g/mol. The molecule has 1 aromatic carbocycles. The topological polar surface area (TPSA) is 17.1 Å². The van der Waals surface area contributed by atoms with Crippen LogP contribution in [0.2, 0.25) is 5.02 Å². The molecule has 0 bridgehead atoms. The molecule has 0 unspecified atom stereocenters. The molecule has 2 aromatic rings. The lowest BCUT2D eigenvalue weighted by Gasteiger charge is -1.95. The van der Waals surface area contributed by atoms with Gasteiger partial charge in [-0.05, 0) is 55.5 Å². The molecule has 1 heterocycles. The first kappa shape index (κ1) is 12.1. The van der Waals surface area contributed by atoms with E-state index in [-0.39, 0.29) is 5.78 Å². The summed E-state index contributed by atoms with van der Waals surface area (Å²) in [7, 11) is 0. The second-order valence-corrected chi connectivity index (χ2v) is 5.41. The summed E-state index contributed by atoms with van der Waals surface area (Å²) in [6.45, 7) is 2.04. The molecule has 0 N–H and O–H groups in total. The van der Waals surface area contributed by atoms with Crippen LogP contribution in [0.4, 0.5) is 0 Å². The van der Waals surface area contributed by atoms with Crippen molar-refractivity contribution in [3.8, 4) is 0 Å². The third kappa shape index (κ3) is 3.29. The smallest absolute Gasteiger partial charge is 0.185 e. The van der Waals surface area contributed by atoms with E-state index in [4.69, 9.17) is 11.6 Å². The first-order valence-corrected chi connectivity index (χ1v) is 6.39. The molecular weight excluding hydrogens is 252 g/mol. The van der Waals surface area contributed by atoms with Crippen molar-refractivity contribution >= 4 is 34.8 Å². The van der Waals surface area contributed by atoms with Crippen LogP contribution in [0.1, 0.15) is 20.1 Å². The molecule has 0 aliphatic heterocycles. The molecule has 2 rings (SSSR count). The van der Waals surface area contributed by atoms with Gasteiger partial charge < -0.3 is 0 Å². The maximum absolute atomic E-state index is 11.8. The van der Waals surface area contributed by atoms with Crippen molar-refractivity contribution in [1.29, 1.82) is 0 Å². The number of rotatable bonds is 3. The summed E-state index contributed by atoms with van der Waals surface area (Å²) < 4.78 is 0. The van der Waals surface area contributed by atoms with E-state index in [9.17, 15) is 4.79 Å². The average Bonchev–Trinajstić information content (AvgIpc) is 2.73. The van der Waals surface area contributed by atoms with Crippen LogP contribution >= 0.6 is 22.9 Å². The van der Waals surface area contributed by atoms with E-state index < -0.39 is 0 Å². The van der Waals surface area contributed by atoms with Gasteiger partial charge in [0.05, 0.1) is 0 Å². The fourth-order valence-corrected chi connectivity index (χ4v) is 2.32. The third-order valence-corrected chi connectivity index (χ3v) is 3.51. The predicted molar refractivity (Wildman–Crippen MR) is 73.9 cm³/mol. The Bertz CT molecular complexity index is 552. The summed E-state index contributed by atoms with van der Waals surface area (Å²) in [6.07, 6.45) is 3.43. The van der Waals surface area contributed by atoms with Crippen LogP contribution in [0.15, 0.2) is 42.5 Å². The standard InChI is InChI=1S/C14H11ClOS/c1-10-2-7-13(17-10)8-9-14(16)11-3-5-12(15)6-4-11/h2-9H,1H3/b9-8+. The molecular formula is C14H11ClOS. The zero-order valence-corrected chi connectivity index (χ0v) is 10.9. The number of hydrogen-bond donors (Lipinski definition) is 0. The van der Waals surface area contributed by atoms with Crippen LogP contribution in [0, 0.1) is 6.92 Å². The zero-order valence-electron chi connectivity index (χ0n) is 9.31. The van der Waals surface area contributed by atoms with Crippen molar-refractivity contribution in [2.24, 2.45) is 0 Å². The van der Waals surface area contributed by atoms with Crippen LogP contribution < -0.4 is 0 Å². The Balaban J connectivity index is 2.11. The summed E-state index contributed by atoms with van der Waals surface area (Å²) >= 11 is 7.43. The second-order valence-electron chi connectivity index (χ2n) is 3.65. The highest BCUT2D eigenvalue weighted by Crippen LogP contribution is 2.17. The Morgan fingerprint density at radius 1 is 1.18 bits per heavy atom. The number of ketones is 1. The monoisotopic (exact) mass is 262 g/mol. The van der Waals surface area contributed by atoms with E-state index in [1.54, 1.807) is 41.7 Å². The van der Waals surface area contributed by atoms with E-state index >= 15 is 0 Å². The summed E-state index contributed by atoms with van der Waals surface area (Å²) in [6, 6.07) is 10.9. The first-order valence-electron chi connectivity index (χ1n) is 5.19. The molecule has 17 heavy (non-hydrogen) atoms. The predicted octanol–water partition coefficient (Wildman–Crippen LogP) is 4.61. The maximum atomic E-state index is 11.8. The van der Waals surface area contributed by atoms with Gasteiger partial charge in [0.2, 0.25) is 0 Å². The molecule has 0 aliphatic rings. The van der Waals surface area contributed by atoms with Crippen molar-refractivity contribution in [2.45, 2.75) is 6.92 Å². The zero-order chi connectivity index (χ0) is 12.3. The SMILES string of the molecule is Cc1ccc(/C=C/C(=O)c2ccc(Cl)cc2)s1. The fraction of sp³-hybridized carbons (Fsp3) is 0.0714. The van der Waals surface area contributed by atoms with E-state index in [0.717, 1.165) is 4.88 Å². The number of allylic oxidation sites excluding steroid dienone is 1. The molecule has 0 radical (unpaired) electrons. The summed E-state index contributed by atoms with van der Waals surface area (Å²) in [5.74, 6) is -0.00674. The lowest BCUT2D eigenvalue weighted by atomic mass is 10.1. The molecule has 1 aromatic heterocycles. The Hall–Kier alpha value is -1.38. The van der Waals surface area contributed by atoms with Crippen LogP contribution in [0.3, 0.4) is 0 Å². The van der Waals surface area contributed by atoms with Gasteiger partial charge in [-0.2, -0.15) is 0 Å². The molecule has 86 valence electrons. The minimum absolute atomic E-state index is 0.00674. The van der Waals surface area contributed by atoms with E-state index in [1.807, 2.05) is 25.1 Å². The van der Waals surface area contributed by atoms with Gasteiger partial charge in [-0.3, -0.25) is 4.79 Å². The van der Waals surface area contributed by atoms with Gasteiger partial charge in [0.15, 0.2) is 5.78 Å². The van der Waals surface area contributed by atoms with Crippen molar-refractivity contribution in [3.63, 3.8) is 0 Å². The van der Waals surface area contributed by atoms with Gasteiger partial charge in [-0.1, -0.05) is 11.6 Å². The van der Waals surface area contributed by atoms with Crippen molar-refractivity contribution in [1.82, 2.24) is 0 Å². The molecule has 3 heteroatoms. The van der Waals surface area contributed by atoms with Gasteiger partial charge >= 0.3 is 0 Å². The Labute approximate surface area is 109 Å². The van der Waals surface area contributed by atoms with Crippen LogP contribution in [-0.2, 0) is 0 Å². The number of hydrogen-bond acceptors (Lipinski definition) is 2. The molecule has 0 saturated carbocycles. The van der Waals surface area contributed by atoms with E-state index in [0.29, 0.717) is 10.6 Å². The summed E-state index contributed by atoms with van der Waals surface area (Å²) in [5, 5.41) is 0.638. The van der Waals surface area contributed by atoms with Gasteiger partial charge in [0.25, 0.3) is 0 Å². The number of benzene rings is 1. The highest BCUT2D eigenvalue weighted by molar-refractivity contribution is 7.12. The highest BCUT2D eigenvalue weighted by Gasteiger charge is 2.01. The molecule has 1 nitrogen and oxygen atoms in total. The van der Waals surface area contributed by atoms with Gasteiger partial charge in [-0.15, -0.1) is 11.3 Å². The van der Waals surface area contributed by atoms with Crippen molar-refractivity contribution < 1.29 is 4.79 Å². The minimum Gasteiger partial charge on any atom is -0.289 e. The largest absolute Gasteiger partial charge is 0.289 e. The Morgan fingerprint density at radius 3 is 2.47 bits per heavy atom. The van der Waals surface area contributed by atoms with Crippen LogP contribution in [-0.4, -0.2) is 5.78 Å². The lowest BCUT2D eigenvalue weighted by Crippen LogP contribution is -1.92. The fourth-order valence-electron chi connectivity index (χ4n) is 1.41. The number of halogens is 1. The minimum atomic E-state index is -0.00674. The number of aryl methyl sites for hydroxylation is 1. The molecule has 0 spiro atoms. The highest BCUT2D eigenvalue weighted by atomic mass is 35.5. The second kappa shape index (κ2) is 5.30. The van der Waals surface area contributed by atoms with Crippen LogP contribution in [0.5, 0.6) is 0 Å².